The molecule has 0 saturated carbocycles. The van der Waals surface area contributed by atoms with E-state index in [1.807, 2.05) is 4.90 Å². The predicted octanol–water partition coefficient (Wildman–Crippen LogP) is 3.09. The predicted molar refractivity (Wildman–Crippen MR) is 112 cm³/mol. The van der Waals surface area contributed by atoms with E-state index in [-0.39, 0.29) is 30.1 Å². The van der Waals surface area contributed by atoms with Crippen molar-refractivity contribution in [1.29, 1.82) is 0 Å². The number of hydrogen-bond donors (Lipinski definition) is 0. The van der Waals surface area contributed by atoms with E-state index in [1.54, 1.807) is 24.3 Å². The van der Waals surface area contributed by atoms with Crippen LogP contribution in [0.5, 0.6) is 0 Å². The number of likely N-dealkylation sites (tertiary alicyclic amines) is 2. The fraction of sp³-hybridized carbons (Fsp3) is 0.591. The van der Waals surface area contributed by atoms with E-state index in [0.717, 1.165) is 38.8 Å². The lowest BCUT2D eigenvalue weighted by molar-refractivity contribution is -0.137. The van der Waals surface area contributed by atoms with Crippen LogP contribution in [0, 0.1) is 5.92 Å². The number of carbonyl (C=O) groups is 3. The maximum Gasteiger partial charge on any atom is 0.251 e. The zero-order valence-corrected chi connectivity index (χ0v) is 17.4. The van der Waals surface area contributed by atoms with E-state index in [9.17, 15) is 14.4 Å². The van der Waals surface area contributed by atoms with Crippen molar-refractivity contribution >= 4 is 35.0 Å². The number of piperidine rings is 1. The van der Waals surface area contributed by atoms with Crippen LogP contribution < -0.4 is 4.90 Å². The third kappa shape index (κ3) is 4.33. The molecule has 3 aliphatic heterocycles. The summed E-state index contributed by atoms with van der Waals surface area (Å²) in [6.45, 7) is 3.11. The minimum atomic E-state index is -0.435. The van der Waals surface area contributed by atoms with Crippen molar-refractivity contribution in [1.82, 2.24) is 9.80 Å². The van der Waals surface area contributed by atoms with E-state index in [0.29, 0.717) is 23.8 Å². The molecule has 156 valence electrons. The number of hydrogen-bond acceptors (Lipinski definition) is 4. The second kappa shape index (κ2) is 8.84. The Morgan fingerprint density at radius 1 is 0.966 bits per heavy atom. The molecule has 0 bridgehead atoms. The van der Waals surface area contributed by atoms with Gasteiger partial charge in [-0.2, -0.15) is 0 Å². The fourth-order valence-electron chi connectivity index (χ4n) is 4.80. The molecule has 3 amide bonds. The van der Waals surface area contributed by atoms with E-state index < -0.39 is 6.04 Å². The van der Waals surface area contributed by atoms with Crippen LogP contribution in [0.2, 0.25) is 5.02 Å². The highest BCUT2D eigenvalue weighted by atomic mass is 35.5. The molecule has 0 aromatic heterocycles. The van der Waals surface area contributed by atoms with Gasteiger partial charge in [-0.3, -0.25) is 19.3 Å². The number of benzene rings is 1. The van der Waals surface area contributed by atoms with Crippen LogP contribution >= 0.6 is 11.6 Å². The average Bonchev–Trinajstić information content (AvgIpc) is 2.90. The van der Waals surface area contributed by atoms with Crippen molar-refractivity contribution < 1.29 is 14.4 Å². The van der Waals surface area contributed by atoms with Crippen molar-refractivity contribution in [3.63, 3.8) is 0 Å². The van der Waals surface area contributed by atoms with Crippen molar-refractivity contribution in [2.24, 2.45) is 5.92 Å². The summed E-state index contributed by atoms with van der Waals surface area (Å²) >= 11 is 6.03. The Morgan fingerprint density at radius 3 is 2.31 bits per heavy atom. The first-order chi connectivity index (χ1) is 14.0. The minimum Gasteiger partial charge on any atom is -0.342 e. The Hall–Kier alpha value is -1.92. The van der Waals surface area contributed by atoms with Crippen molar-refractivity contribution in [2.75, 3.05) is 31.1 Å². The number of amides is 3. The van der Waals surface area contributed by atoms with Gasteiger partial charge in [0, 0.05) is 24.0 Å². The summed E-state index contributed by atoms with van der Waals surface area (Å²) in [6, 6.07) is 6.41. The molecule has 1 aromatic carbocycles. The molecule has 6 nitrogen and oxygen atoms in total. The van der Waals surface area contributed by atoms with Crippen LogP contribution in [0.4, 0.5) is 5.69 Å². The molecule has 3 fully saturated rings. The van der Waals surface area contributed by atoms with Crippen LogP contribution in [-0.2, 0) is 14.4 Å². The smallest absolute Gasteiger partial charge is 0.251 e. The van der Waals surface area contributed by atoms with Crippen molar-refractivity contribution in [3.8, 4) is 0 Å². The monoisotopic (exact) mass is 417 g/mol. The SMILES string of the molecule is O=C(C1CCN([C@@H]2CC(=O)N(c3cccc(Cl)c3)C2=O)CC1)N1CCCCCC1. The minimum absolute atomic E-state index is 0.0422. The second-order valence-corrected chi connectivity index (χ2v) is 8.75. The summed E-state index contributed by atoms with van der Waals surface area (Å²) in [5, 5.41) is 0.499. The molecule has 1 aromatic rings. The molecule has 0 unspecified atom stereocenters. The Balaban J connectivity index is 1.37. The van der Waals surface area contributed by atoms with Crippen LogP contribution in [0.3, 0.4) is 0 Å². The molecule has 1 atom stereocenters. The first-order valence-electron chi connectivity index (χ1n) is 10.7. The van der Waals surface area contributed by atoms with Gasteiger partial charge in [0.25, 0.3) is 5.91 Å². The number of imide groups is 1. The van der Waals surface area contributed by atoms with Crippen molar-refractivity contribution in [2.45, 2.75) is 51.0 Å². The number of halogens is 1. The van der Waals surface area contributed by atoms with Crippen molar-refractivity contribution in [3.05, 3.63) is 29.3 Å². The van der Waals surface area contributed by atoms with Gasteiger partial charge in [0.05, 0.1) is 18.2 Å². The van der Waals surface area contributed by atoms with E-state index in [2.05, 4.69) is 4.90 Å². The summed E-state index contributed by atoms with van der Waals surface area (Å²) in [4.78, 5) is 43.8. The number of carbonyl (C=O) groups excluding carboxylic acids is 3. The highest BCUT2D eigenvalue weighted by molar-refractivity contribution is 6.31. The molecule has 0 radical (unpaired) electrons. The molecule has 3 aliphatic rings. The largest absolute Gasteiger partial charge is 0.342 e. The summed E-state index contributed by atoms with van der Waals surface area (Å²) in [7, 11) is 0. The van der Waals surface area contributed by atoms with Gasteiger partial charge in [-0.05, 0) is 57.0 Å². The van der Waals surface area contributed by atoms with Crippen LogP contribution in [0.15, 0.2) is 24.3 Å². The molecule has 0 spiro atoms. The maximum absolute atomic E-state index is 13.0. The lowest BCUT2D eigenvalue weighted by Gasteiger charge is -2.36. The van der Waals surface area contributed by atoms with Gasteiger partial charge in [0.2, 0.25) is 11.8 Å². The third-order valence-corrected chi connectivity index (χ3v) is 6.66. The van der Waals surface area contributed by atoms with Gasteiger partial charge in [0.1, 0.15) is 0 Å². The highest BCUT2D eigenvalue weighted by Gasteiger charge is 2.44. The van der Waals surface area contributed by atoms with E-state index >= 15 is 0 Å². The summed E-state index contributed by atoms with van der Waals surface area (Å²) in [6.07, 6.45) is 6.32. The molecule has 29 heavy (non-hydrogen) atoms. The lowest BCUT2D eigenvalue weighted by Crippen LogP contribution is -2.48. The van der Waals surface area contributed by atoms with Gasteiger partial charge in [-0.1, -0.05) is 30.5 Å². The first kappa shape index (κ1) is 20.4. The molecular weight excluding hydrogens is 390 g/mol. The first-order valence-corrected chi connectivity index (χ1v) is 11.1. The summed E-state index contributed by atoms with van der Waals surface area (Å²) in [5.74, 6) is -0.0545. The van der Waals surface area contributed by atoms with Crippen LogP contribution in [0.25, 0.3) is 0 Å². The van der Waals surface area contributed by atoms with Crippen LogP contribution in [0.1, 0.15) is 44.9 Å². The second-order valence-electron chi connectivity index (χ2n) is 8.32. The molecule has 0 N–H and O–H groups in total. The average molecular weight is 418 g/mol. The molecule has 4 rings (SSSR count). The van der Waals surface area contributed by atoms with E-state index in [1.165, 1.54) is 17.7 Å². The molecule has 0 aliphatic carbocycles. The van der Waals surface area contributed by atoms with Gasteiger partial charge in [-0.15, -0.1) is 0 Å². The standard InChI is InChI=1S/C22H28ClN3O3/c23-17-6-5-7-18(14-17)26-20(27)15-19(22(26)29)24-12-8-16(9-13-24)21(28)25-10-3-1-2-4-11-25/h5-7,14,16,19H,1-4,8-13,15H2/t19-/m1/s1. The fourth-order valence-corrected chi connectivity index (χ4v) is 4.98. The quantitative estimate of drug-likeness (QED) is 0.709. The molecule has 7 heteroatoms. The highest BCUT2D eigenvalue weighted by Crippen LogP contribution is 2.30. The zero-order chi connectivity index (χ0) is 20.4. The molecular formula is C22H28ClN3O3. The van der Waals surface area contributed by atoms with Gasteiger partial charge in [0.15, 0.2) is 0 Å². The van der Waals surface area contributed by atoms with E-state index in [4.69, 9.17) is 11.6 Å². The Bertz CT molecular complexity index is 783. The maximum atomic E-state index is 13.0. The molecule has 3 saturated heterocycles. The Morgan fingerprint density at radius 2 is 1.66 bits per heavy atom. The molecule has 3 heterocycles. The van der Waals surface area contributed by atoms with Gasteiger partial charge in [-0.25, -0.2) is 4.90 Å². The summed E-state index contributed by atoms with van der Waals surface area (Å²) < 4.78 is 0. The summed E-state index contributed by atoms with van der Waals surface area (Å²) in [5.41, 5.74) is 0.529. The third-order valence-electron chi connectivity index (χ3n) is 6.43. The Kier molecular flexibility index (Phi) is 6.20. The van der Waals surface area contributed by atoms with Gasteiger partial charge >= 0.3 is 0 Å². The lowest BCUT2D eigenvalue weighted by atomic mass is 9.94. The number of rotatable bonds is 3. The normalized spacial score (nSPS) is 24.8. The topological polar surface area (TPSA) is 60.9 Å². The zero-order valence-electron chi connectivity index (χ0n) is 16.7. The Labute approximate surface area is 176 Å². The van der Waals surface area contributed by atoms with Gasteiger partial charge < -0.3 is 4.90 Å². The number of nitrogens with zero attached hydrogens (tertiary/aromatic N) is 3. The van der Waals surface area contributed by atoms with Crippen LogP contribution in [-0.4, -0.2) is 59.7 Å². The number of anilines is 1.